The number of quaternary nitrogens is 1. The van der Waals surface area contributed by atoms with Gasteiger partial charge in [-0.25, -0.2) is 0 Å². The first-order valence-electron chi connectivity index (χ1n) is 22.7. The number of hydrogen-bond donors (Lipinski definition) is 0. The Kier molecular flexibility index (Phi) is 38.6. The van der Waals surface area contributed by atoms with Crippen LogP contribution < -0.4 is 4.89 Å². The fourth-order valence-electron chi connectivity index (χ4n) is 6.11. The molecule has 0 N–H and O–H groups in total. The molecule has 0 aromatic heterocycles. The van der Waals surface area contributed by atoms with Gasteiger partial charge >= 0.3 is 5.97 Å². The van der Waals surface area contributed by atoms with Crippen LogP contribution >= 0.6 is 7.82 Å². The van der Waals surface area contributed by atoms with Crippen molar-refractivity contribution >= 4 is 13.8 Å². The highest BCUT2D eigenvalue weighted by atomic mass is 31.2. The number of carbonyl (C=O) groups is 1. The lowest BCUT2D eigenvalue weighted by Gasteiger charge is -2.28. The van der Waals surface area contributed by atoms with Gasteiger partial charge in [-0.15, -0.1) is 0 Å². The number of nitrogens with zero attached hydrogens (tertiary/aromatic N) is 1. The lowest BCUT2D eigenvalue weighted by atomic mass is 10.1. The number of allylic oxidation sites excluding steroid dienone is 6. The summed E-state index contributed by atoms with van der Waals surface area (Å²) in [5, 5.41) is 0. The number of hydrogen-bond acceptors (Lipinski definition) is 7. The van der Waals surface area contributed by atoms with E-state index in [0.29, 0.717) is 24.1 Å². The molecule has 0 rings (SSSR count). The topological polar surface area (TPSA) is 94.1 Å². The minimum absolute atomic E-state index is 0.0235. The summed E-state index contributed by atoms with van der Waals surface area (Å²) < 4.78 is 34.6. The monoisotopic (exact) mass is 798 g/mol. The van der Waals surface area contributed by atoms with Crippen LogP contribution in [-0.2, 0) is 27.9 Å². The van der Waals surface area contributed by atoms with Crippen molar-refractivity contribution in [2.75, 3.05) is 54.1 Å². The zero-order valence-electron chi connectivity index (χ0n) is 36.6. The molecular weight excluding hydrogens is 709 g/mol. The molecule has 8 nitrogen and oxygen atoms in total. The Balaban J connectivity index is 4.20. The van der Waals surface area contributed by atoms with E-state index in [-0.39, 0.29) is 25.8 Å². The van der Waals surface area contributed by atoms with Gasteiger partial charge in [-0.1, -0.05) is 159 Å². The summed E-state index contributed by atoms with van der Waals surface area (Å²) in [7, 11) is 1.35. The van der Waals surface area contributed by atoms with E-state index >= 15 is 0 Å². The predicted molar refractivity (Wildman–Crippen MR) is 231 cm³/mol. The van der Waals surface area contributed by atoms with Gasteiger partial charge in [0.25, 0.3) is 7.82 Å². The standard InChI is InChI=1S/C46H88NO7P/c1-6-8-10-12-14-16-18-20-22-23-24-25-26-27-29-31-33-35-37-39-46(48)54-45(44-53-55(49,50)52-42-40-47(3,4)5)43-51-41-38-36-34-32-30-28-21-19-17-15-13-11-9-7-2/h11,13,17,19-20,22,45H,6-10,12,14-16,18,21,23-44H2,1-5H3/b13-11-,19-17-,22-20-. The third-order valence-electron chi connectivity index (χ3n) is 9.64. The van der Waals surface area contributed by atoms with E-state index in [4.69, 9.17) is 18.5 Å². The molecule has 324 valence electrons. The minimum atomic E-state index is -4.53. The zero-order chi connectivity index (χ0) is 40.6. The van der Waals surface area contributed by atoms with Crippen molar-refractivity contribution in [3.05, 3.63) is 36.5 Å². The van der Waals surface area contributed by atoms with Crippen molar-refractivity contribution in [2.24, 2.45) is 0 Å². The summed E-state index contributed by atoms with van der Waals surface area (Å²) in [4.78, 5) is 25.1. The Labute approximate surface area is 340 Å². The van der Waals surface area contributed by atoms with Crippen LogP contribution in [0.15, 0.2) is 36.5 Å². The predicted octanol–water partition coefficient (Wildman–Crippen LogP) is 12.8. The van der Waals surface area contributed by atoms with E-state index in [1.165, 1.54) is 116 Å². The van der Waals surface area contributed by atoms with Gasteiger partial charge in [0, 0.05) is 13.0 Å². The van der Waals surface area contributed by atoms with E-state index < -0.39 is 13.9 Å². The molecule has 0 amide bonds. The van der Waals surface area contributed by atoms with Crippen molar-refractivity contribution in [2.45, 2.75) is 200 Å². The van der Waals surface area contributed by atoms with Crippen molar-refractivity contribution in [1.82, 2.24) is 0 Å². The van der Waals surface area contributed by atoms with Crippen LogP contribution in [0, 0.1) is 0 Å². The maximum atomic E-state index is 12.7. The van der Waals surface area contributed by atoms with Crippen molar-refractivity contribution in [3.8, 4) is 0 Å². The highest BCUT2D eigenvalue weighted by Gasteiger charge is 2.20. The van der Waals surface area contributed by atoms with Gasteiger partial charge in [-0.05, 0) is 64.2 Å². The number of likely N-dealkylation sites (N-methyl/N-ethyl adjacent to an activating group) is 1. The van der Waals surface area contributed by atoms with Crippen molar-refractivity contribution < 1.29 is 37.3 Å². The number of phosphoric ester groups is 1. The fourth-order valence-corrected chi connectivity index (χ4v) is 6.84. The van der Waals surface area contributed by atoms with Gasteiger partial charge in [-0.3, -0.25) is 9.36 Å². The second-order valence-electron chi connectivity index (χ2n) is 16.4. The molecule has 2 unspecified atom stereocenters. The Bertz CT molecular complexity index is 978. The van der Waals surface area contributed by atoms with E-state index in [1.807, 2.05) is 21.1 Å². The number of esters is 1. The van der Waals surface area contributed by atoms with Gasteiger partial charge in [0.2, 0.25) is 0 Å². The van der Waals surface area contributed by atoms with E-state index in [9.17, 15) is 14.3 Å². The molecule has 0 aliphatic carbocycles. The highest BCUT2D eigenvalue weighted by molar-refractivity contribution is 7.45. The largest absolute Gasteiger partial charge is 0.756 e. The number of ether oxygens (including phenoxy) is 2. The molecule has 0 saturated heterocycles. The summed E-state index contributed by atoms with van der Waals surface area (Å²) in [6.07, 6.45) is 45.8. The maximum Gasteiger partial charge on any atom is 0.306 e. The Morgan fingerprint density at radius 3 is 1.56 bits per heavy atom. The molecule has 0 aliphatic heterocycles. The molecule has 0 aromatic carbocycles. The van der Waals surface area contributed by atoms with Crippen LogP contribution in [0.25, 0.3) is 0 Å². The summed E-state index contributed by atoms with van der Waals surface area (Å²) in [6.45, 7) is 5.33. The van der Waals surface area contributed by atoms with Gasteiger partial charge in [0.05, 0.1) is 34.4 Å². The van der Waals surface area contributed by atoms with E-state index in [1.54, 1.807) is 0 Å². The average molecular weight is 798 g/mol. The molecule has 0 saturated carbocycles. The molecule has 0 radical (unpaired) electrons. The van der Waals surface area contributed by atoms with Crippen molar-refractivity contribution in [1.29, 1.82) is 0 Å². The summed E-state index contributed by atoms with van der Waals surface area (Å²) in [5.74, 6) is -0.340. The van der Waals surface area contributed by atoms with Crippen LogP contribution in [0.3, 0.4) is 0 Å². The smallest absolute Gasteiger partial charge is 0.306 e. The first kappa shape index (κ1) is 53.7. The molecule has 0 heterocycles. The first-order chi connectivity index (χ1) is 26.6. The summed E-state index contributed by atoms with van der Waals surface area (Å²) in [5.41, 5.74) is 0. The maximum absolute atomic E-state index is 12.7. The Morgan fingerprint density at radius 1 is 0.564 bits per heavy atom. The number of unbranched alkanes of at least 4 members (excludes halogenated alkanes) is 22. The average Bonchev–Trinajstić information content (AvgIpc) is 3.13. The van der Waals surface area contributed by atoms with Crippen molar-refractivity contribution in [3.63, 3.8) is 0 Å². The Hall–Kier alpha value is -1.28. The third kappa shape index (κ3) is 43.7. The fraction of sp³-hybridized carbons (Fsp3) is 0.848. The van der Waals surface area contributed by atoms with Gasteiger partial charge in [0.1, 0.15) is 19.3 Å². The summed E-state index contributed by atoms with van der Waals surface area (Å²) in [6, 6.07) is 0. The minimum Gasteiger partial charge on any atom is -0.756 e. The zero-order valence-corrected chi connectivity index (χ0v) is 37.5. The molecule has 2 atom stereocenters. The molecule has 0 fully saturated rings. The molecule has 0 bridgehead atoms. The van der Waals surface area contributed by atoms with Gasteiger partial charge in [0.15, 0.2) is 0 Å². The molecule has 0 spiro atoms. The lowest BCUT2D eigenvalue weighted by molar-refractivity contribution is -0.870. The molecule has 0 aliphatic rings. The van der Waals surface area contributed by atoms with Gasteiger partial charge < -0.3 is 27.9 Å². The highest BCUT2D eigenvalue weighted by Crippen LogP contribution is 2.38. The first-order valence-corrected chi connectivity index (χ1v) is 24.2. The van der Waals surface area contributed by atoms with Crippen LogP contribution in [-0.4, -0.2) is 70.7 Å². The van der Waals surface area contributed by atoms with Crippen LogP contribution in [0.4, 0.5) is 0 Å². The third-order valence-corrected chi connectivity index (χ3v) is 10.6. The SMILES string of the molecule is CCC/C=C\C/C=C\CCCCCCCCOCC(COP(=O)([O-])OCC[N+](C)(C)C)OC(=O)CCCCCCCCCCC/C=C\CCCCCCCC. The Morgan fingerprint density at radius 2 is 1.04 bits per heavy atom. The molecular formula is C46H88NO7P. The number of rotatable bonds is 42. The second-order valence-corrected chi connectivity index (χ2v) is 17.8. The van der Waals surface area contributed by atoms with E-state index in [2.05, 4.69) is 50.3 Å². The molecule has 0 aromatic rings. The van der Waals surface area contributed by atoms with Crippen LogP contribution in [0.2, 0.25) is 0 Å². The number of phosphoric acid groups is 1. The molecule has 55 heavy (non-hydrogen) atoms. The van der Waals surface area contributed by atoms with Gasteiger partial charge in [-0.2, -0.15) is 0 Å². The normalized spacial score (nSPS) is 14.1. The lowest BCUT2D eigenvalue weighted by Crippen LogP contribution is -2.37. The quantitative estimate of drug-likeness (QED) is 0.0200. The number of carbonyl (C=O) groups excluding carboxylic acids is 1. The molecule has 9 heteroatoms. The second kappa shape index (κ2) is 39.5. The van der Waals surface area contributed by atoms with Crippen LogP contribution in [0.1, 0.15) is 194 Å². The van der Waals surface area contributed by atoms with Crippen LogP contribution in [0.5, 0.6) is 0 Å². The summed E-state index contributed by atoms with van der Waals surface area (Å²) >= 11 is 0. The van der Waals surface area contributed by atoms with E-state index in [0.717, 1.165) is 57.8 Å².